The van der Waals surface area contributed by atoms with E-state index in [9.17, 15) is 0 Å². The van der Waals surface area contributed by atoms with Crippen LogP contribution in [0.2, 0.25) is 0 Å². The minimum Gasteiger partial charge on any atom is -0.467 e. The molecule has 3 N–H and O–H groups in total. The zero-order valence-corrected chi connectivity index (χ0v) is 9.35. The molecule has 88 valence electrons. The van der Waals surface area contributed by atoms with Crippen LogP contribution in [0.1, 0.15) is 28.5 Å². The van der Waals surface area contributed by atoms with Crippen molar-refractivity contribution in [2.24, 2.45) is 5.84 Å². The number of benzene rings is 1. The van der Waals surface area contributed by atoms with Crippen LogP contribution in [0.15, 0.2) is 41.0 Å². The van der Waals surface area contributed by atoms with Crippen LogP contribution in [0.3, 0.4) is 0 Å². The van der Waals surface area contributed by atoms with E-state index >= 15 is 0 Å². The molecule has 1 aromatic carbocycles. The van der Waals surface area contributed by atoms with Gasteiger partial charge in [-0.05, 0) is 28.8 Å². The molecule has 0 saturated carbocycles. The molecule has 0 radical (unpaired) electrons. The van der Waals surface area contributed by atoms with Crippen molar-refractivity contribution in [3.05, 3.63) is 59.0 Å². The molecule has 0 amide bonds. The summed E-state index contributed by atoms with van der Waals surface area (Å²) in [6.07, 6.45) is 1.65. The number of hydrogen-bond donors (Lipinski definition) is 2. The highest BCUT2D eigenvalue weighted by Gasteiger charge is 2.18. The van der Waals surface area contributed by atoms with Crippen LogP contribution in [-0.2, 0) is 18.0 Å². The van der Waals surface area contributed by atoms with Gasteiger partial charge in [-0.1, -0.05) is 18.2 Å². The molecular formula is C13H14N2O2. The maximum atomic E-state index is 5.60. The summed E-state index contributed by atoms with van der Waals surface area (Å²) in [5.74, 6) is 6.41. The molecular weight excluding hydrogens is 216 g/mol. The predicted molar refractivity (Wildman–Crippen MR) is 62.8 cm³/mol. The van der Waals surface area contributed by atoms with Gasteiger partial charge in [-0.2, -0.15) is 0 Å². The standard InChI is InChI=1S/C13H14N2O2/c14-15-13(12-2-1-5-17-12)9-3-4-10-7-16-8-11(10)6-9/h1-6,13,15H,7-8,14H2. The van der Waals surface area contributed by atoms with Crippen molar-refractivity contribution in [2.75, 3.05) is 0 Å². The summed E-state index contributed by atoms with van der Waals surface area (Å²) >= 11 is 0. The average Bonchev–Trinajstić information content (AvgIpc) is 2.99. The van der Waals surface area contributed by atoms with Gasteiger partial charge in [0.05, 0.1) is 19.5 Å². The molecule has 0 fully saturated rings. The second-order valence-electron chi connectivity index (χ2n) is 4.14. The number of hydrazine groups is 1. The summed E-state index contributed by atoms with van der Waals surface area (Å²) in [4.78, 5) is 0. The normalized spacial score (nSPS) is 15.8. The highest BCUT2D eigenvalue weighted by Crippen LogP contribution is 2.27. The minimum atomic E-state index is -0.115. The van der Waals surface area contributed by atoms with E-state index < -0.39 is 0 Å². The molecule has 0 spiro atoms. The molecule has 0 bridgehead atoms. The van der Waals surface area contributed by atoms with Gasteiger partial charge in [-0.3, -0.25) is 5.84 Å². The van der Waals surface area contributed by atoms with E-state index in [0.29, 0.717) is 13.2 Å². The van der Waals surface area contributed by atoms with Gasteiger partial charge < -0.3 is 9.15 Å². The molecule has 1 aliphatic rings. The molecule has 0 saturated heterocycles. The second kappa shape index (κ2) is 4.33. The Bertz CT molecular complexity index is 508. The van der Waals surface area contributed by atoms with Crippen molar-refractivity contribution in [3.63, 3.8) is 0 Å². The lowest BCUT2D eigenvalue weighted by Gasteiger charge is -2.14. The van der Waals surface area contributed by atoms with E-state index in [0.717, 1.165) is 11.3 Å². The van der Waals surface area contributed by atoms with Gasteiger partial charge in [0, 0.05) is 0 Å². The fraction of sp³-hybridized carbons (Fsp3) is 0.231. The monoisotopic (exact) mass is 230 g/mol. The van der Waals surface area contributed by atoms with Crippen molar-refractivity contribution in [2.45, 2.75) is 19.3 Å². The summed E-state index contributed by atoms with van der Waals surface area (Å²) in [5.41, 5.74) is 6.35. The molecule has 17 heavy (non-hydrogen) atoms. The minimum absolute atomic E-state index is 0.115. The lowest BCUT2D eigenvalue weighted by Crippen LogP contribution is -2.28. The SMILES string of the molecule is NNC(c1ccc2c(c1)COC2)c1ccco1. The van der Waals surface area contributed by atoms with Crippen molar-refractivity contribution in [1.82, 2.24) is 5.43 Å². The third-order valence-corrected chi connectivity index (χ3v) is 3.07. The number of ether oxygens (including phenoxy) is 1. The Morgan fingerprint density at radius 2 is 2.06 bits per heavy atom. The zero-order valence-electron chi connectivity index (χ0n) is 9.35. The molecule has 1 unspecified atom stereocenters. The van der Waals surface area contributed by atoms with E-state index in [2.05, 4.69) is 23.6 Å². The van der Waals surface area contributed by atoms with E-state index in [1.807, 2.05) is 12.1 Å². The number of nitrogens with two attached hydrogens (primary N) is 1. The first-order chi connectivity index (χ1) is 8.38. The number of furan rings is 1. The summed E-state index contributed by atoms with van der Waals surface area (Å²) in [6, 6.07) is 9.92. The molecule has 1 atom stereocenters. The molecule has 1 aliphatic heterocycles. The highest BCUT2D eigenvalue weighted by atomic mass is 16.5. The Morgan fingerprint density at radius 1 is 1.18 bits per heavy atom. The fourth-order valence-electron chi connectivity index (χ4n) is 2.17. The van der Waals surface area contributed by atoms with Crippen LogP contribution in [0.25, 0.3) is 0 Å². The fourth-order valence-corrected chi connectivity index (χ4v) is 2.17. The molecule has 4 nitrogen and oxygen atoms in total. The summed E-state index contributed by atoms with van der Waals surface area (Å²) < 4.78 is 10.8. The van der Waals surface area contributed by atoms with Crippen LogP contribution in [0.4, 0.5) is 0 Å². The highest BCUT2D eigenvalue weighted by molar-refractivity contribution is 5.36. The van der Waals surface area contributed by atoms with E-state index in [4.69, 9.17) is 15.0 Å². The first-order valence-electron chi connectivity index (χ1n) is 5.57. The quantitative estimate of drug-likeness (QED) is 0.624. The van der Waals surface area contributed by atoms with Crippen molar-refractivity contribution in [1.29, 1.82) is 0 Å². The molecule has 3 rings (SSSR count). The van der Waals surface area contributed by atoms with Crippen LogP contribution in [0.5, 0.6) is 0 Å². The second-order valence-corrected chi connectivity index (χ2v) is 4.14. The van der Waals surface area contributed by atoms with E-state index in [1.165, 1.54) is 11.1 Å². The maximum Gasteiger partial charge on any atom is 0.126 e. The van der Waals surface area contributed by atoms with Gasteiger partial charge in [-0.25, -0.2) is 5.43 Å². The number of nitrogens with one attached hydrogen (secondary N) is 1. The molecule has 2 heterocycles. The molecule has 1 aromatic heterocycles. The Labute approximate surface area is 99.3 Å². The van der Waals surface area contributed by atoms with Crippen molar-refractivity contribution in [3.8, 4) is 0 Å². The third-order valence-electron chi connectivity index (χ3n) is 3.07. The smallest absolute Gasteiger partial charge is 0.126 e. The predicted octanol–water partition coefficient (Wildman–Crippen LogP) is 1.86. The van der Waals surface area contributed by atoms with Gasteiger partial charge in [-0.15, -0.1) is 0 Å². The Kier molecular flexibility index (Phi) is 2.68. The number of fused-ring (bicyclic) bond motifs is 1. The Morgan fingerprint density at radius 3 is 2.82 bits per heavy atom. The van der Waals surface area contributed by atoms with Gasteiger partial charge in [0.15, 0.2) is 0 Å². The lowest BCUT2D eigenvalue weighted by atomic mass is 10.00. The van der Waals surface area contributed by atoms with Gasteiger partial charge >= 0.3 is 0 Å². The number of rotatable bonds is 3. The summed E-state index contributed by atoms with van der Waals surface area (Å²) in [7, 11) is 0. The van der Waals surface area contributed by atoms with Crippen LogP contribution in [0, 0.1) is 0 Å². The molecule has 0 aliphatic carbocycles. The first-order valence-corrected chi connectivity index (χ1v) is 5.57. The largest absolute Gasteiger partial charge is 0.467 e. The van der Waals surface area contributed by atoms with Gasteiger partial charge in [0.1, 0.15) is 11.8 Å². The maximum absolute atomic E-state index is 5.60. The van der Waals surface area contributed by atoms with Gasteiger partial charge in [0.2, 0.25) is 0 Å². The van der Waals surface area contributed by atoms with Crippen LogP contribution in [-0.4, -0.2) is 0 Å². The zero-order chi connectivity index (χ0) is 11.7. The van der Waals surface area contributed by atoms with Crippen molar-refractivity contribution < 1.29 is 9.15 Å². The summed E-state index contributed by atoms with van der Waals surface area (Å²) in [5, 5.41) is 0. The van der Waals surface area contributed by atoms with Crippen molar-refractivity contribution >= 4 is 0 Å². The van der Waals surface area contributed by atoms with E-state index in [-0.39, 0.29) is 6.04 Å². The van der Waals surface area contributed by atoms with Gasteiger partial charge in [0.25, 0.3) is 0 Å². The third kappa shape index (κ3) is 1.86. The number of hydrogen-bond acceptors (Lipinski definition) is 4. The topological polar surface area (TPSA) is 60.4 Å². The lowest BCUT2D eigenvalue weighted by molar-refractivity contribution is 0.134. The van der Waals surface area contributed by atoms with Crippen LogP contribution >= 0.6 is 0 Å². The Hall–Kier alpha value is -1.62. The van der Waals surface area contributed by atoms with E-state index in [1.54, 1.807) is 6.26 Å². The molecule has 4 heteroatoms. The summed E-state index contributed by atoms with van der Waals surface area (Å²) in [6.45, 7) is 1.38. The first kappa shape index (κ1) is 10.5. The molecule has 2 aromatic rings. The average molecular weight is 230 g/mol. The Balaban J connectivity index is 1.97. The van der Waals surface area contributed by atoms with Crippen LogP contribution < -0.4 is 11.3 Å².